The molecule has 12 nitrogen and oxygen atoms in total. The van der Waals surface area contributed by atoms with Crippen molar-refractivity contribution in [3.63, 3.8) is 0 Å². The highest BCUT2D eigenvalue weighted by Gasteiger charge is 2.43. The fourth-order valence-electron chi connectivity index (χ4n) is 3.94. The number of benzene rings is 1. The van der Waals surface area contributed by atoms with Crippen LogP contribution in [0.4, 0.5) is 9.59 Å². The zero-order valence-corrected chi connectivity index (χ0v) is 23.4. The van der Waals surface area contributed by atoms with Crippen LogP contribution in [0.2, 0.25) is 0 Å². The number of hydrogen-bond donors (Lipinski definition) is 4. The van der Waals surface area contributed by atoms with Gasteiger partial charge >= 0.3 is 18.2 Å². The highest BCUT2D eigenvalue weighted by molar-refractivity contribution is 5.90. The molecule has 2 rings (SSSR count). The Balaban J connectivity index is 2.06. The predicted octanol–water partition coefficient (Wildman–Crippen LogP) is 2.21. The molecule has 0 aliphatic carbocycles. The van der Waals surface area contributed by atoms with Gasteiger partial charge in [-0.15, -0.1) is 0 Å². The average Bonchev–Trinajstić information content (AvgIpc) is 3.22. The highest BCUT2D eigenvalue weighted by Crippen LogP contribution is 2.22. The Labute approximate surface area is 228 Å². The Kier molecular flexibility index (Phi) is 10.7. The first-order valence-electron chi connectivity index (χ1n) is 12.9. The second-order valence-electron chi connectivity index (χ2n) is 11.4. The van der Waals surface area contributed by atoms with Crippen LogP contribution in [0.15, 0.2) is 30.3 Å². The number of rotatable bonds is 9. The van der Waals surface area contributed by atoms with Gasteiger partial charge in [0, 0.05) is 12.6 Å². The Hall–Kier alpha value is -3.83. The number of aryl methyl sites for hydroxylation is 1. The molecule has 0 spiro atoms. The van der Waals surface area contributed by atoms with Crippen molar-refractivity contribution in [2.24, 2.45) is 0 Å². The SMILES string of the molecule is CC(C)(C)OC(=O)NCC(=O)N[C@@H]1C[C@@H](C(=O)N[C@H](CCc2ccccc2)C(=O)O)N(C(=O)OC(C)(C)C)C1. The monoisotopic (exact) mass is 548 g/mol. The lowest BCUT2D eigenvalue weighted by Gasteiger charge is -2.28. The molecule has 3 atom stereocenters. The largest absolute Gasteiger partial charge is 0.480 e. The molecular formula is C27H40N4O8. The topological polar surface area (TPSA) is 163 Å². The van der Waals surface area contributed by atoms with E-state index >= 15 is 0 Å². The summed E-state index contributed by atoms with van der Waals surface area (Å²) < 4.78 is 10.5. The van der Waals surface area contributed by atoms with E-state index < -0.39 is 59.3 Å². The smallest absolute Gasteiger partial charge is 0.411 e. The number of carbonyl (C=O) groups excluding carboxylic acids is 4. The predicted molar refractivity (Wildman–Crippen MR) is 142 cm³/mol. The van der Waals surface area contributed by atoms with Gasteiger partial charge in [0.05, 0.1) is 0 Å². The molecule has 0 radical (unpaired) electrons. The van der Waals surface area contributed by atoms with E-state index in [9.17, 15) is 29.1 Å². The standard InChI is InChI=1S/C27H40N4O8/c1-26(2,3)38-24(36)28-15-21(32)29-18-14-20(31(16-18)25(37)39-27(4,5)6)22(33)30-19(23(34)35)13-12-17-10-8-7-9-11-17/h7-11,18-20H,12-16H2,1-6H3,(H,28,36)(H,29,32)(H,30,33)(H,34,35)/t18-,19-,20+/m1/s1. The van der Waals surface area contributed by atoms with Gasteiger partial charge in [-0.1, -0.05) is 30.3 Å². The van der Waals surface area contributed by atoms with E-state index in [-0.39, 0.29) is 25.9 Å². The number of nitrogens with zero attached hydrogens (tertiary/aromatic N) is 1. The minimum Gasteiger partial charge on any atom is -0.480 e. The molecule has 12 heteroatoms. The summed E-state index contributed by atoms with van der Waals surface area (Å²) in [7, 11) is 0. The third-order valence-electron chi connectivity index (χ3n) is 5.57. The molecular weight excluding hydrogens is 508 g/mol. The normalized spacial score (nSPS) is 18.1. The molecule has 4 N–H and O–H groups in total. The summed E-state index contributed by atoms with van der Waals surface area (Å²) in [4.78, 5) is 63.5. The molecule has 0 saturated carbocycles. The van der Waals surface area contributed by atoms with E-state index in [1.165, 1.54) is 4.90 Å². The second kappa shape index (κ2) is 13.3. The maximum Gasteiger partial charge on any atom is 0.411 e. The number of aliphatic carboxylic acids is 1. The molecule has 39 heavy (non-hydrogen) atoms. The molecule has 1 aromatic carbocycles. The van der Waals surface area contributed by atoms with Gasteiger partial charge in [0.2, 0.25) is 11.8 Å². The lowest BCUT2D eigenvalue weighted by atomic mass is 10.0. The van der Waals surface area contributed by atoms with Crippen LogP contribution in [-0.2, 0) is 30.3 Å². The van der Waals surface area contributed by atoms with Crippen LogP contribution in [0, 0.1) is 0 Å². The van der Waals surface area contributed by atoms with E-state index in [1.54, 1.807) is 41.5 Å². The fourth-order valence-corrected chi connectivity index (χ4v) is 3.94. The molecule has 0 bridgehead atoms. The summed E-state index contributed by atoms with van der Waals surface area (Å²) in [5, 5.41) is 17.3. The Bertz CT molecular complexity index is 1030. The van der Waals surface area contributed by atoms with Crippen molar-refractivity contribution >= 4 is 30.0 Å². The number of carboxylic acid groups (broad SMARTS) is 1. The van der Waals surface area contributed by atoms with Crippen LogP contribution in [0.5, 0.6) is 0 Å². The number of ether oxygens (including phenoxy) is 2. The quantitative estimate of drug-likeness (QED) is 0.365. The summed E-state index contributed by atoms with van der Waals surface area (Å²) in [5.74, 6) is -2.40. The lowest BCUT2D eigenvalue weighted by Crippen LogP contribution is -2.51. The van der Waals surface area contributed by atoms with Crippen LogP contribution in [0.3, 0.4) is 0 Å². The van der Waals surface area contributed by atoms with Crippen molar-refractivity contribution in [3.05, 3.63) is 35.9 Å². The van der Waals surface area contributed by atoms with Gasteiger partial charge in [0.15, 0.2) is 0 Å². The minimum atomic E-state index is -1.20. The van der Waals surface area contributed by atoms with Gasteiger partial charge in [-0.25, -0.2) is 14.4 Å². The third kappa shape index (κ3) is 11.2. The number of alkyl carbamates (subject to hydrolysis) is 1. The highest BCUT2D eigenvalue weighted by atomic mass is 16.6. The van der Waals surface area contributed by atoms with Crippen LogP contribution in [0.1, 0.15) is 59.9 Å². The van der Waals surface area contributed by atoms with E-state index in [1.807, 2.05) is 30.3 Å². The molecule has 216 valence electrons. The Morgan fingerprint density at radius 1 is 1.00 bits per heavy atom. The van der Waals surface area contributed by atoms with E-state index in [0.29, 0.717) is 6.42 Å². The van der Waals surface area contributed by atoms with Crippen LogP contribution >= 0.6 is 0 Å². The van der Waals surface area contributed by atoms with Crippen molar-refractivity contribution in [1.29, 1.82) is 0 Å². The average molecular weight is 549 g/mol. The minimum absolute atomic E-state index is 0.0348. The summed E-state index contributed by atoms with van der Waals surface area (Å²) in [6.07, 6.45) is -0.897. The number of carboxylic acids is 1. The van der Waals surface area contributed by atoms with Crippen LogP contribution in [0.25, 0.3) is 0 Å². The maximum absolute atomic E-state index is 13.2. The second-order valence-corrected chi connectivity index (χ2v) is 11.4. The zero-order valence-electron chi connectivity index (χ0n) is 23.4. The lowest BCUT2D eigenvalue weighted by molar-refractivity contribution is -0.142. The number of nitrogens with one attached hydrogen (secondary N) is 3. The van der Waals surface area contributed by atoms with Gasteiger partial charge in [0.25, 0.3) is 0 Å². The Morgan fingerprint density at radius 3 is 2.18 bits per heavy atom. The van der Waals surface area contributed by atoms with Crippen LogP contribution in [-0.4, -0.2) is 82.4 Å². The summed E-state index contributed by atoms with van der Waals surface area (Å²) >= 11 is 0. The van der Waals surface area contributed by atoms with Crippen molar-refractivity contribution in [3.8, 4) is 0 Å². The van der Waals surface area contributed by atoms with Gasteiger partial charge in [-0.2, -0.15) is 0 Å². The van der Waals surface area contributed by atoms with Crippen molar-refractivity contribution < 1.29 is 38.6 Å². The number of hydrogen-bond acceptors (Lipinski definition) is 7. The summed E-state index contributed by atoms with van der Waals surface area (Å²) in [6.45, 7) is 9.72. The van der Waals surface area contributed by atoms with Crippen molar-refractivity contribution in [2.45, 2.75) is 90.1 Å². The molecule has 1 aliphatic rings. The molecule has 4 amide bonds. The molecule has 0 aromatic heterocycles. The molecule has 1 aromatic rings. The number of carbonyl (C=O) groups is 5. The Morgan fingerprint density at radius 2 is 1.62 bits per heavy atom. The molecule has 1 fully saturated rings. The summed E-state index contributed by atoms with van der Waals surface area (Å²) in [5.41, 5.74) is -0.636. The van der Waals surface area contributed by atoms with E-state index in [2.05, 4.69) is 16.0 Å². The van der Waals surface area contributed by atoms with Crippen LogP contribution < -0.4 is 16.0 Å². The van der Waals surface area contributed by atoms with E-state index in [0.717, 1.165) is 5.56 Å². The molecule has 1 aliphatic heterocycles. The first kappa shape index (κ1) is 31.4. The third-order valence-corrected chi connectivity index (χ3v) is 5.57. The summed E-state index contributed by atoms with van der Waals surface area (Å²) in [6, 6.07) is 6.41. The van der Waals surface area contributed by atoms with Gasteiger partial charge in [-0.3, -0.25) is 14.5 Å². The molecule has 1 heterocycles. The molecule has 1 saturated heterocycles. The fraction of sp³-hybridized carbons (Fsp3) is 0.593. The molecule has 0 unspecified atom stereocenters. The van der Waals surface area contributed by atoms with Crippen molar-refractivity contribution in [2.75, 3.05) is 13.1 Å². The maximum atomic E-state index is 13.2. The first-order valence-corrected chi connectivity index (χ1v) is 12.9. The van der Waals surface area contributed by atoms with E-state index in [4.69, 9.17) is 9.47 Å². The first-order chi connectivity index (χ1) is 18.0. The van der Waals surface area contributed by atoms with Gasteiger partial charge < -0.3 is 30.5 Å². The number of likely N-dealkylation sites (tertiary alicyclic amines) is 1. The van der Waals surface area contributed by atoms with Gasteiger partial charge in [-0.05, 0) is 66.4 Å². The number of amides is 4. The van der Waals surface area contributed by atoms with Gasteiger partial charge in [0.1, 0.15) is 29.8 Å². The zero-order chi connectivity index (χ0) is 29.4. The van der Waals surface area contributed by atoms with Crippen molar-refractivity contribution in [1.82, 2.24) is 20.9 Å².